The van der Waals surface area contributed by atoms with Gasteiger partial charge in [0.15, 0.2) is 0 Å². The summed E-state index contributed by atoms with van der Waals surface area (Å²) in [4.78, 5) is 9.65. The third-order valence-corrected chi connectivity index (χ3v) is 6.89. The molecule has 0 saturated carbocycles. The van der Waals surface area contributed by atoms with Crippen LogP contribution in [0.3, 0.4) is 0 Å². The zero-order valence-electron chi connectivity index (χ0n) is 17.8. The molecule has 0 unspecified atom stereocenters. The number of fused-ring (bicyclic) bond motifs is 1. The van der Waals surface area contributed by atoms with E-state index in [4.69, 9.17) is 23.2 Å². The Morgan fingerprint density at radius 2 is 1.97 bits per heavy atom. The Kier molecular flexibility index (Phi) is 6.13. The van der Waals surface area contributed by atoms with Crippen LogP contribution in [0.25, 0.3) is 10.9 Å². The molecule has 0 bridgehead atoms. The predicted molar refractivity (Wildman–Crippen MR) is 137 cm³/mol. The van der Waals surface area contributed by atoms with Gasteiger partial charge in [-0.15, -0.1) is 11.3 Å². The summed E-state index contributed by atoms with van der Waals surface area (Å²) in [5.74, 6) is 0. The van der Waals surface area contributed by atoms with E-state index in [-0.39, 0.29) is 6.04 Å². The third kappa shape index (κ3) is 4.32. The molecule has 0 saturated heterocycles. The molecule has 0 amide bonds. The number of hydrogen-bond acceptors (Lipinski definition) is 9. The van der Waals surface area contributed by atoms with Crippen molar-refractivity contribution in [1.29, 1.82) is 5.26 Å². The van der Waals surface area contributed by atoms with E-state index in [1.54, 1.807) is 5.51 Å². The minimum absolute atomic E-state index is 0.206. The van der Waals surface area contributed by atoms with Crippen LogP contribution in [0.15, 0.2) is 60.1 Å². The Bertz CT molecular complexity index is 1450. The van der Waals surface area contributed by atoms with Crippen molar-refractivity contribution in [3.05, 3.63) is 86.2 Å². The molecule has 0 fully saturated rings. The second-order valence-electron chi connectivity index (χ2n) is 7.58. The molecule has 1 atom stereocenters. The topological polar surface area (TPSA) is 110 Å². The molecule has 1 aliphatic rings. The monoisotopic (exact) mass is 508 g/mol. The number of anilines is 3. The zero-order valence-corrected chi connectivity index (χ0v) is 20.1. The van der Waals surface area contributed by atoms with Crippen molar-refractivity contribution in [2.45, 2.75) is 13.0 Å². The van der Waals surface area contributed by atoms with E-state index in [2.05, 4.69) is 43.1 Å². The van der Waals surface area contributed by atoms with E-state index in [1.165, 1.54) is 17.5 Å². The summed E-state index contributed by atoms with van der Waals surface area (Å²) in [7, 11) is 0. The molecule has 4 aromatic rings. The number of aromatic nitrogens is 2. The zero-order chi connectivity index (χ0) is 23.7. The smallest absolute Gasteiger partial charge is 0.105 e. The van der Waals surface area contributed by atoms with Crippen LogP contribution in [-0.2, 0) is 0 Å². The van der Waals surface area contributed by atoms with E-state index in [0.29, 0.717) is 32.2 Å². The molecule has 0 spiro atoms. The average Bonchev–Trinajstić information content (AvgIpc) is 3.55. The van der Waals surface area contributed by atoms with Crippen molar-refractivity contribution in [2.75, 3.05) is 10.6 Å². The molecule has 5 rings (SSSR count). The summed E-state index contributed by atoms with van der Waals surface area (Å²) in [5.41, 5.74) is 15.6. The lowest BCUT2D eigenvalue weighted by Gasteiger charge is -2.21. The number of hydrazine groups is 2. The summed E-state index contributed by atoms with van der Waals surface area (Å²) in [5, 5.41) is 18.4. The van der Waals surface area contributed by atoms with Gasteiger partial charge in [-0.3, -0.25) is 9.97 Å². The molecule has 0 aliphatic carbocycles. The number of nitrogens with zero attached hydrogens (tertiary/aromatic N) is 3. The van der Waals surface area contributed by atoms with Crippen LogP contribution in [-0.4, -0.2) is 9.97 Å². The fourth-order valence-corrected chi connectivity index (χ4v) is 4.76. The lowest BCUT2D eigenvalue weighted by molar-refractivity contribution is 0.584. The SMILES string of the molecule is Cc1ccc(Nc2c(C#N)cnc3c(Cl)cc(N[C@H](C4=CNNN4)c4cncs4)cc23)cc1Cl. The van der Waals surface area contributed by atoms with E-state index in [0.717, 1.165) is 27.5 Å². The van der Waals surface area contributed by atoms with Crippen molar-refractivity contribution in [3.8, 4) is 6.07 Å². The number of hydrogen-bond donors (Lipinski definition) is 5. The number of nitriles is 1. The Balaban J connectivity index is 1.59. The van der Waals surface area contributed by atoms with Gasteiger partial charge in [0.05, 0.1) is 37.9 Å². The minimum Gasteiger partial charge on any atom is -0.372 e. The highest BCUT2D eigenvalue weighted by molar-refractivity contribution is 7.09. The van der Waals surface area contributed by atoms with Crippen LogP contribution in [0.4, 0.5) is 17.1 Å². The third-order valence-electron chi connectivity index (χ3n) is 5.35. The molecule has 170 valence electrons. The van der Waals surface area contributed by atoms with Gasteiger partial charge >= 0.3 is 0 Å². The lowest BCUT2D eigenvalue weighted by atomic mass is 10.1. The normalized spacial score (nSPS) is 13.5. The van der Waals surface area contributed by atoms with Gasteiger partial charge in [-0.1, -0.05) is 29.3 Å². The number of halogens is 2. The summed E-state index contributed by atoms with van der Waals surface area (Å²) in [6.07, 6.45) is 5.17. The first kappa shape index (κ1) is 22.3. The second kappa shape index (κ2) is 9.37. The van der Waals surface area contributed by atoms with Crippen molar-refractivity contribution in [2.24, 2.45) is 0 Å². The van der Waals surface area contributed by atoms with Gasteiger partial charge in [-0.05, 0) is 36.8 Å². The lowest BCUT2D eigenvalue weighted by Crippen LogP contribution is -2.33. The molecule has 2 aromatic carbocycles. The second-order valence-corrected chi connectivity index (χ2v) is 9.31. The van der Waals surface area contributed by atoms with Crippen molar-refractivity contribution >= 4 is 62.5 Å². The Morgan fingerprint density at radius 3 is 2.68 bits per heavy atom. The molecule has 1 aliphatic heterocycles. The Labute approximate surface area is 209 Å². The first-order valence-corrected chi connectivity index (χ1v) is 11.8. The number of benzene rings is 2. The van der Waals surface area contributed by atoms with E-state index in [1.807, 2.05) is 49.7 Å². The van der Waals surface area contributed by atoms with Crippen LogP contribution in [0.2, 0.25) is 10.0 Å². The molecule has 0 radical (unpaired) electrons. The van der Waals surface area contributed by atoms with E-state index < -0.39 is 0 Å². The molecular formula is C23H18Cl2N8S. The highest BCUT2D eigenvalue weighted by atomic mass is 35.5. The first-order chi connectivity index (χ1) is 16.5. The molecule has 8 nitrogen and oxygen atoms in total. The van der Waals surface area contributed by atoms with Crippen molar-refractivity contribution in [1.82, 2.24) is 26.4 Å². The summed E-state index contributed by atoms with van der Waals surface area (Å²) >= 11 is 14.5. The van der Waals surface area contributed by atoms with Gasteiger partial charge in [0, 0.05) is 40.4 Å². The summed E-state index contributed by atoms with van der Waals surface area (Å²) in [6.45, 7) is 1.94. The van der Waals surface area contributed by atoms with Gasteiger partial charge in [0.1, 0.15) is 12.1 Å². The van der Waals surface area contributed by atoms with Crippen LogP contribution < -0.4 is 27.0 Å². The largest absolute Gasteiger partial charge is 0.372 e. The molecule has 2 aromatic heterocycles. The highest BCUT2D eigenvalue weighted by Gasteiger charge is 2.22. The maximum Gasteiger partial charge on any atom is 0.105 e. The van der Waals surface area contributed by atoms with E-state index in [9.17, 15) is 5.26 Å². The van der Waals surface area contributed by atoms with Crippen LogP contribution in [0.1, 0.15) is 22.0 Å². The maximum atomic E-state index is 9.77. The summed E-state index contributed by atoms with van der Waals surface area (Å²) in [6, 6.07) is 11.4. The standard InChI is InChI=1S/C23H18Cl2N8S/c1-12-2-3-14(5-17(12)24)30-21-13(7-26)8-28-22-16(21)4-15(6-18(22)25)31-23(19-9-29-33-32-19)20-10-27-11-34-20/h2-6,8-11,23,29,31-33H,1H3,(H,28,30)/t23-/m1/s1. The van der Waals surface area contributed by atoms with Crippen molar-refractivity contribution < 1.29 is 0 Å². The number of rotatable bonds is 6. The Morgan fingerprint density at radius 1 is 1.12 bits per heavy atom. The van der Waals surface area contributed by atoms with Gasteiger partial charge in [-0.25, -0.2) is 0 Å². The number of aryl methyl sites for hydroxylation is 1. The number of nitrogens with one attached hydrogen (secondary N) is 5. The highest BCUT2D eigenvalue weighted by Crippen LogP contribution is 2.37. The fraction of sp³-hybridized carbons (Fsp3) is 0.0870. The molecule has 11 heteroatoms. The van der Waals surface area contributed by atoms with Crippen LogP contribution >= 0.6 is 34.5 Å². The van der Waals surface area contributed by atoms with Gasteiger partial charge < -0.3 is 21.5 Å². The minimum atomic E-state index is -0.206. The average molecular weight is 509 g/mol. The van der Waals surface area contributed by atoms with Crippen LogP contribution in [0, 0.1) is 18.3 Å². The van der Waals surface area contributed by atoms with Gasteiger partial charge in [0.2, 0.25) is 0 Å². The fourth-order valence-electron chi connectivity index (χ4n) is 3.63. The van der Waals surface area contributed by atoms with Gasteiger partial charge in [-0.2, -0.15) is 10.8 Å². The number of pyridine rings is 1. The summed E-state index contributed by atoms with van der Waals surface area (Å²) < 4.78 is 0. The molecule has 34 heavy (non-hydrogen) atoms. The number of thiazole rings is 1. The van der Waals surface area contributed by atoms with Gasteiger partial charge in [0.25, 0.3) is 0 Å². The quantitative estimate of drug-likeness (QED) is 0.231. The maximum absolute atomic E-state index is 9.77. The predicted octanol–water partition coefficient (Wildman–Crippen LogP) is 5.53. The van der Waals surface area contributed by atoms with Crippen molar-refractivity contribution in [3.63, 3.8) is 0 Å². The molecule has 5 N–H and O–H groups in total. The molecule has 3 heterocycles. The first-order valence-electron chi connectivity index (χ1n) is 10.2. The Hall–Kier alpha value is -3.55. The van der Waals surface area contributed by atoms with Crippen LogP contribution in [0.5, 0.6) is 0 Å². The molecular weight excluding hydrogens is 491 g/mol. The van der Waals surface area contributed by atoms with E-state index >= 15 is 0 Å².